The van der Waals surface area contributed by atoms with E-state index in [0.29, 0.717) is 0 Å². The minimum atomic E-state index is 1.14. The molecule has 294 valence electrons. The summed E-state index contributed by atoms with van der Waals surface area (Å²) in [5.74, 6) is 0. The number of aromatic nitrogens is 2. The van der Waals surface area contributed by atoms with Gasteiger partial charge in [-0.25, -0.2) is 4.90 Å². The van der Waals surface area contributed by atoms with Gasteiger partial charge in [0.1, 0.15) is 17.1 Å². The fraction of sp³-hybridized carbons (Fsp3) is 0. The van der Waals surface area contributed by atoms with Crippen LogP contribution in [-0.4, -0.2) is 9.13 Å². The lowest BCUT2D eigenvalue weighted by molar-refractivity contribution is -0.677. The van der Waals surface area contributed by atoms with Gasteiger partial charge in [0.2, 0.25) is 0 Å². The maximum absolute atomic E-state index is 2.46. The SMILES string of the molecule is c1ccc(-c2ccc3c(c2)-c2cc(-c4ccc5c(c4)c4cc(-c6ccccc6)ccc4n5-c4ccc5c(c4)c4ccccc4n5-c4ccccc4)ccc2[NH+]3c2ccccc2)cc1. The maximum atomic E-state index is 2.46. The number of hydrogen-bond acceptors (Lipinski definition) is 0. The number of rotatable bonds is 6. The van der Waals surface area contributed by atoms with Gasteiger partial charge in [-0.15, -0.1) is 0 Å². The molecule has 0 amide bonds. The molecule has 3 heterocycles. The summed E-state index contributed by atoms with van der Waals surface area (Å²) in [4.78, 5) is 1.29. The van der Waals surface area contributed by atoms with Gasteiger partial charge in [0.15, 0.2) is 0 Å². The molecule has 0 saturated carbocycles. The molecule has 0 saturated heterocycles. The molecule has 1 aliphatic rings. The number of nitrogens with zero attached hydrogens (tertiary/aromatic N) is 2. The van der Waals surface area contributed by atoms with E-state index in [1.54, 1.807) is 0 Å². The van der Waals surface area contributed by atoms with Crippen LogP contribution in [0.25, 0.3) is 99.5 Å². The van der Waals surface area contributed by atoms with Crippen LogP contribution in [0.4, 0.5) is 17.1 Å². The van der Waals surface area contributed by atoms with E-state index in [2.05, 4.69) is 246 Å². The van der Waals surface area contributed by atoms with Crippen molar-refractivity contribution < 1.29 is 4.90 Å². The topological polar surface area (TPSA) is 14.3 Å². The lowest BCUT2D eigenvalue weighted by Gasteiger charge is -2.14. The second kappa shape index (κ2) is 14.2. The van der Waals surface area contributed by atoms with E-state index in [1.165, 1.54) is 110 Å². The zero-order valence-corrected chi connectivity index (χ0v) is 34.4. The molecule has 1 N–H and O–H groups in total. The van der Waals surface area contributed by atoms with Gasteiger partial charge in [0, 0.05) is 45.1 Å². The Morgan fingerprint density at radius 1 is 0.254 bits per heavy atom. The molecule has 1 atom stereocenters. The van der Waals surface area contributed by atoms with Crippen LogP contribution in [0.1, 0.15) is 0 Å². The molecular weight excluding hydrogens is 763 g/mol. The number of para-hydroxylation sites is 3. The fourth-order valence-corrected chi connectivity index (χ4v) is 10.3. The third kappa shape index (κ3) is 5.64. The molecular formula is C60H40N3+. The van der Waals surface area contributed by atoms with Gasteiger partial charge in [0.05, 0.1) is 33.2 Å². The fourth-order valence-electron chi connectivity index (χ4n) is 10.3. The molecule has 1 aliphatic heterocycles. The monoisotopic (exact) mass is 802 g/mol. The highest BCUT2D eigenvalue weighted by Gasteiger charge is 2.34. The number of fused-ring (bicyclic) bond motifs is 9. The molecule has 3 nitrogen and oxygen atoms in total. The van der Waals surface area contributed by atoms with E-state index in [4.69, 9.17) is 0 Å². The molecule has 3 heteroatoms. The molecule has 0 spiro atoms. The maximum Gasteiger partial charge on any atom is 0.149 e. The van der Waals surface area contributed by atoms with Crippen LogP contribution < -0.4 is 4.90 Å². The standard InChI is InChI=1S/C60H39N3/c1-5-15-40(16-6-1)42-25-30-56-50(35-42)52-37-44(27-32-57(52)62(56)47-21-11-4-12-22-47)45-28-33-59-53(38-45)51-36-43(41-17-7-2-8-18-41)26-31-58(51)63(59)48-29-34-60-54(39-48)49-23-13-14-24-55(49)61(60)46-19-9-3-10-20-46/h1-39H/p+1. The number of quaternary nitrogens is 1. The second-order valence-corrected chi connectivity index (χ2v) is 16.7. The van der Waals surface area contributed by atoms with Crippen molar-refractivity contribution in [3.63, 3.8) is 0 Å². The van der Waals surface area contributed by atoms with E-state index in [-0.39, 0.29) is 0 Å². The van der Waals surface area contributed by atoms with Crippen molar-refractivity contribution in [2.75, 3.05) is 0 Å². The highest BCUT2D eigenvalue weighted by atomic mass is 15.2. The molecule has 0 bridgehead atoms. The first kappa shape index (κ1) is 35.5. The summed E-state index contributed by atoms with van der Waals surface area (Å²) < 4.78 is 4.85. The van der Waals surface area contributed by atoms with E-state index < -0.39 is 0 Å². The Labute approximate surface area is 365 Å². The number of hydrogen-bond donors (Lipinski definition) is 1. The Balaban J connectivity index is 1.00. The number of nitrogens with one attached hydrogen (secondary N) is 1. The van der Waals surface area contributed by atoms with Gasteiger partial charge in [-0.1, -0.05) is 127 Å². The van der Waals surface area contributed by atoms with E-state index in [0.717, 1.165) is 11.4 Å². The van der Waals surface area contributed by atoms with Gasteiger partial charge in [-0.05, 0) is 130 Å². The molecule has 0 fully saturated rings. The van der Waals surface area contributed by atoms with Crippen LogP contribution in [0, 0.1) is 0 Å². The Hall–Kier alpha value is -8.24. The Bertz CT molecular complexity index is 3710. The van der Waals surface area contributed by atoms with Crippen LogP contribution in [0.2, 0.25) is 0 Å². The lowest BCUT2D eigenvalue weighted by Crippen LogP contribution is -2.95. The van der Waals surface area contributed by atoms with Gasteiger partial charge in [-0.3, -0.25) is 0 Å². The summed E-state index contributed by atoms with van der Waals surface area (Å²) in [6, 6.07) is 86.9. The summed E-state index contributed by atoms with van der Waals surface area (Å²) >= 11 is 0. The highest BCUT2D eigenvalue weighted by molar-refractivity contribution is 6.13. The average molecular weight is 803 g/mol. The molecule has 2 aromatic heterocycles. The van der Waals surface area contributed by atoms with Crippen molar-refractivity contribution in [3.05, 3.63) is 237 Å². The molecule has 0 aliphatic carbocycles. The van der Waals surface area contributed by atoms with Gasteiger partial charge in [0.25, 0.3) is 0 Å². The Kier molecular flexibility index (Phi) is 7.99. The first-order valence-corrected chi connectivity index (χ1v) is 21.8. The summed E-state index contributed by atoms with van der Waals surface area (Å²) in [6.07, 6.45) is 0. The van der Waals surface area contributed by atoms with Crippen molar-refractivity contribution >= 4 is 60.7 Å². The quantitative estimate of drug-likeness (QED) is 0.172. The predicted octanol–water partition coefficient (Wildman–Crippen LogP) is 15.0. The van der Waals surface area contributed by atoms with Crippen LogP contribution in [-0.2, 0) is 0 Å². The van der Waals surface area contributed by atoms with Crippen molar-refractivity contribution in [1.82, 2.24) is 9.13 Å². The van der Waals surface area contributed by atoms with E-state index in [1.807, 2.05) is 0 Å². The van der Waals surface area contributed by atoms with Crippen molar-refractivity contribution in [1.29, 1.82) is 0 Å². The summed E-state index contributed by atoms with van der Waals surface area (Å²) in [6.45, 7) is 0. The molecule has 1 unspecified atom stereocenters. The van der Waals surface area contributed by atoms with Crippen LogP contribution in [0.3, 0.4) is 0 Å². The Morgan fingerprint density at radius 3 is 1.27 bits per heavy atom. The largest absolute Gasteiger partial charge is 0.309 e. The van der Waals surface area contributed by atoms with Crippen molar-refractivity contribution in [3.8, 4) is 55.9 Å². The summed E-state index contributed by atoms with van der Waals surface area (Å²) in [5.41, 5.74) is 20.7. The minimum absolute atomic E-state index is 1.14. The minimum Gasteiger partial charge on any atom is -0.309 e. The third-order valence-corrected chi connectivity index (χ3v) is 13.2. The third-order valence-electron chi connectivity index (χ3n) is 13.2. The Morgan fingerprint density at radius 2 is 0.667 bits per heavy atom. The van der Waals surface area contributed by atoms with E-state index in [9.17, 15) is 0 Å². The van der Waals surface area contributed by atoms with Gasteiger partial charge in [-0.2, -0.15) is 0 Å². The van der Waals surface area contributed by atoms with Crippen LogP contribution in [0.15, 0.2) is 237 Å². The van der Waals surface area contributed by atoms with Gasteiger partial charge >= 0.3 is 0 Å². The normalized spacial score (nSPS) is 13.2. The van der Waals surface area contributed by atoms with Crippen LogP contribution in [0.5, 0.6) is 0 Å². The zero-order valence-electron chi connectivity index (χ0n) is 34.4. The summed E-state index contributed by atoms with van der Waals surface area (Å²) in [7, 11) is 0. The van der Waals surface area contributed by atoms with E-state index >= 15 is 0 Å². The first-order chi connectivity index (χ1) is 31.2. The summed E-state index contributed by atoms with van der Waals surface area (Å²) in [5, 5.41) is 4.95. The predicted molar refractivity (Wildman–Crippen MR) is 263 cm³/mol. The zero-order chi connectivity index (χ0) is 41.4. The second-order valence-electron chi connectivity index (χ2n) is 16.7. The van der Waals surface area contributed by atoms with Crippen molar-refractivity contribution in [2.45, 2.75) is 0 Å². The van der Waals surface area contributed by atoms with Gasteiger partial charge < -0.3 is 9.13 Å². The number of benzene rings is 10. The highest BCUT2D eigenvalue weighted by Crippen LogP contribution is 2.45. The van der Waals surface area contributed by atoms with Crippen molar-refractivity contribution in [2.24, 2.45) is 0 Å². The molecule has 13 rings (SSSR count). The first-order valence-electron chi connectivity index (χ1n) is 21.8. The molecule has 12 aromatic rings. The average Bonchev–Trinajstić information content (AvgIpc) is 3.99. The van der Waals surface area contributed by atoms with Crippen LogP contribution >= 0.6 is 0 Å². The smallest absolute Gasteiger partial charge is 0.149 e. The molecule has 0 radical (unpaired) electrons. The lowest BCUT2D eigenvalue weighted by atomic mass is 9.95. The molecule has 63 heavy (non-hydrogen) atoms. The molecule has 10 aromatic carbocycles.